The van der Waals surface area contributed by atoms with E-state index < -0.39 is 5.60 Å². The van der Waals surface area contributed by atoms with Gasteiger partial charge in [0.2, 0.25) is 0 Å². The van der Waals surface area contributed by atoms with E-state index in [1.807, 2.05) is 18.2 Å². The van der Waals surface area contributed by atoms with Crippen LogP contribution in [0.5, 0.6) is 0 Å². The molecule has 1 aliphatic carbocycles. The van der Waals surface area contributed by atoms with Crippen molar-refractivity contribution < 1.29 is 5.11 Å². The first-order chi connectivity index (χ1) is 7.21. The van der Waals surface area contributed by atoms with Gasteiger partial charge in [-0.25, -0.2) is 0 Å². The monoisotopic (exact) mass is 204 g/mol. The van der Waals surface area contributed by atoms with Gasteiger partial charge in [-0.1, -0.05) is 50.1 Å². The molecule has 1 aromatic carbocycles. The van der Waals surface area contributed by atoms with Gasteiger partial charge in [0.25, 0.3) is 0 Å². The van der Waals surface area contributed by atoms with Gasteiger partial charge in [-0.05, 0) is 24.3 Å². The Morgan fingerprint density at radius 1 is 1.27 bits per heavy atom. The van der Waals surface area contributed by atoms with E-state index in [1.54, 1.807) is 0 Å². The Kier molecular flexibility index (Phi) is 3.11. The standard InChI is InChI=1S/C14H20O/c1-12-7-5-6-10-14(12,15)11-13-8-3-2-4-9-13/h2-4,8-9,12,15H,5-7,10-11H2,1H3/t12-,14-/m0/s1. The van der Waals surface area contributed by atoms with Crippen molar-refractivity contribution in [3.8, 4) is 0 Å². The fourth-order valence-electron chi connectivity index (χ4n) is 2.61. The fraction of sp³-hybridized carbons (Fsp3) is 0.571. The number of hydrogen-bond donors (Lipinski definition) is 1. The molecule has 1 aromatic rings. The van der Waals surface area contributed by atoms with Gasteiger partial charge in [0.1, 0.15) is 0 Å². The average molecular weight is 204 g/mol. The van der Waals surface area contributed by atoms with E-state index in [2.05, 4.69) is 19.1 Å². The second-order valence-corrected chi connectivity index (χ2v) is 4.91. The highest BCUT2D eigenvalue weighted by atomic mass is 16.3. The highest BCUT2D eigenvalue weighted by Gasteiger charge is 2.35. The molecule has 1 heteroatoms. The van der Waals surface area contributed by atoms with E-state index in [4.69, 9.17) is 0 Å². The fourth-order valence-corrected chi connectivity index (χ4v) is 2.61. The van der Waals surface area contributed by atoms with Crippen molar-refractivity contribution in [2.75, 3.05) is 0 Å². The maximum Gasteiger partial charge on any atom is 0.0713 e. The van der Waals surface area contributed by atoms with Crippen LogP contribution in [0.2, 0.25) is 0 Å². The Morgan fingerprint density at radius 3 is 2.67 bits per heavy atom. The smallest absolute Gasteiger partial charge is 0.0713 e. The van der Waals surface area contributed by atoms with Crippen molar-refractivity contribution in [1.29, 1.82) is 0 Å². The minimum atomic E-state index is -0.459. The second kappa shape index (κ2) is 4.36. The molecule has 0 bridgehead atoms. The summed E-state index contributed by atoms with van der Waals surface area (Å²) in [7, 11) is 0. The van der Waals surface area contributed by atoms with Gasteiger partial charge in [-0.3, -0.25) is 0 Å². The molecule has 82 valence electrons. The number of rotatable bonds is 2. The largest absolute Gasteiger partial charge is 0.389 e. The van der Waals surface area contributed by atoms with Crippen LogP contribution in [0.4, 0.5) is 0 Å². The molecule has 2 atom stereocenters. The maximum atomic E-state index is 10.6. The Hall–Kier alpha value is -0.820. The highest BCUT2D eigenvalue weighted by molar-refractivity contribution is 5.17. The molecule has 0 aliphatic heterocycles. The third-order valence-corrected chi connectivity index (χ3v) is 3.77. The first kappa shape index (κ1) is 10.7. The van der Waals surface area contributed by atoms with Gasteiger partial charge in [0.15, 0.2) is 0 Å². The van der Waals surface area contributed by atoms with Gasteiger partial charge >= 0.3 is 0 Å². The zero-order valence-corrected chi connectivity index (χ0v) is 9.45. The SMILES string of the molecule is C[C@H]1CCCC[C@]1(O)Cc1ccccc1. The lowest BCUT2D eigenvalue weighted by Gasteiger charge is -2.38. The van der Waals surface area contributed by atoms with Crippen LogP contribution < -0.4 is 0 Å². The van der Waals surface area contributed by atoms with Crippen LogP contribution >= 0.6 is 0 Å². The predicted molar refractivity (Wildman–Crippen MR) is 62.7 cm³/mol. The van der Waals surface area contributed by atoms with Gasteiger partial charge in [0.05, 0.1) is 5.60 Å². The minimum absolute atomic E-state index is 0.437. The van der Waals surface area contributed by atoms with Crippen molar-refractivity contribution in [2.45, 2.75) is 44.6 Å². The quantitative estimate of drug-likeness (QED) is 0.784. The van der Waals surface area contributed by atoms with Crippen molar-refractivity contribution in [3.05, 3.63) is 35.9 Å². The Balaban J connectivity index is 2.09. The van der Waals surface area contributed by atoms with Crippen molar-refractivity contribution in [3.63, 3.8) is 0 Å². The minimum Gasteiger partial charge on any atom is -0.389 e. The molecule has 1 aliphatic rings. The number of hydrogen-bond acceptors (Lipinski definition) is 1. The Bertz CT molecular complexity index is 306. The molecule has 0 unspecified atom stereocenters. The van der Waals surface area contributed by atoms with Gasteiger partial charge < -0.3 is 5.11 Å². The number of benzene rings is 1. The summed E-state index contributed by atoms with van der Waals surface area (Å²) in [4.78, 5) is 0. The molecular formula is C14H20O. The molecule has 0 radical (unpaired) electrons. The predicted octanol–water partition coefficient (Wildman–Crippen LogP) is 3.17. The topological polar surface area (TPSA) is 20.2 Å². The molecule has 15 heavy (non-hydrogen) atoms. The zero-order valence-electron chi connectivity index (χ0n) is 9.45. The van der Waals surface area contributed by atoms with Crippen LogP contribution in [-0.2, 0) is 6.42 Å². The lowest BCUT2D eigenvalue weighted by atomic mass is 9.73. The zero-order chi connectivity index (χ0) is 10.7. The van der Waals surface area contributed by atoms with Crippen LogP contribution in [0.15, 0.2) is 30.3 Å². The summed E-state index contributed by atoms with van der Waals surface area (Å²) in [6, 6.07) is 10.3. The Labute approximate surface area is 92.1 Å². The molecule has 1 fully saturated rings. The van der Waals surface area contributed by atoms with Gasteiger partial charge in [-0.15, -0.1) is 0 Å². The summed E-state index contributed by atoms with van der Waals surface area (Å²) in [5, 5.41) is 10.6. The molecular weight excluding hydrogens is 184 g/mol. The summed E-state index contributed by atoms with van der Waals surface area (Å²) in [5.41, 5.74) is 0.799. The second-order valence-electron chi connectivity index (χ2n) is 4.91. The summed E-state index contributed by atoms with van der Waals surface area (Å²) < 4.78 is 0. The molecule has 1 saturated carbocycles. The summed E-state index contributed by atoms with van der Waals surface area (Å²) in [6.07, 6.45) is 5.40. The van der Waals surface area contributed by atoms with E-state index in [0.717, 1.165) is 12.8 Å². The number of aliphatic hydroxyl groups is 1. The molecule has 0 saturated heterocycles. The molecule has 1 N–H and O–H groups in total. The van der Waals surface area contributed by atoms with Gasteiger partial charge in [-0.2, -0.15) is 0 Å². The third kappa shape index (κ3) is 2.40. The lowest BCUT2D eigenvalue weighted by Crippen LogP contribution is -2.41. The van der Waals surface area contributed by atoms with Crippen molar-refractivity contribution >= 4 is 0 Å². The lowest BCUT2D eigenvalue weighted by molar-refractivity contribution is -0.0405. The summed E-state index contributed by atoms with van der Waals surface area (Å²) >= 11 is 0. The van der Waals surface area contributed by atoms with E-state index in [-0.39, 0.29) is 0 Å². The molecule has 0 amide bonds. The van der Waals surface area contributed by atoms with Crippen LogP contribution in [0, 0.1) is 5.92 Å². The Morgan fingerprint density at radius 2 is 2.00 bits per heavy atom. The average Bonchev–Trinajstić information content (AvgIpc) is 2.24. The molecule has 0 spiro atoms. The molecule has 1 nitrogen and oxygen atoms in total. The summed E-state index contributed by atoms with van der Waals surface area (Å²) in [6.45, 7) is 2.18. The van der Waals surface area contributed by atoms with Crippen molar-refractivity contribution in [2.24, 2.45) is 5.92 Å². The normalized spacial score (nSPS) is 31.5. The summed E-state index contributed by atoms with van der Waals surface area (Å²) in [5.74, 6) is 0.437. The van der Waals surface area contributed by atoms with Crippen molar-refractivity contribution in [1.82, 2.24) is 0 Å². The molecule has 2 rings (SSSR count). The first-order valence-electron chi connectivity index (χ1n) is 5.97. The van der Waals surface area contributed by atoms with E-state index in [9.17, 15) is 5.11 Å². The van der Waals surface area contributed by atoms with Crippen LogP contribution in [0.1, 0.15) is 38.2 Å². The van der Waals surface area contributed by atoms with Crippen LogP contribution in [-0.4, -0.2) is 10.7 Å². The van der Waals surface area contributed by atoms with E-state index in [0.29, 0.717) is 5.92 Å². The maximum absolute atomic E-state index is 10.6. The third-order valence-electron chi connectivity index (χ3n) is 3.77. The van der Waals surface area contributed by atoms with E-state index in [1.165, 1.54) is 24.8 Å². The molecule has 0 heterocycles. The van der Waals surface area contributed by atoms with Crippen LogP contribution in [0.25, 0.3) is 0 Å². The van der Waals surface area contributed by atoms with Crippen LogP contribution in [0.3, 0.4) is 0 Å². The first-order valence-corrected chi connectivity index (χ1v) is 5.97. The highest BCUT2D eigenvalue weighted by Crippen LogP contribution is 2.35. The van der Waals surface area contributed by atoms with E-state index >= 15 is 0 Å². The van der Waals surface area contributed by atoms with Gasteiger partial charge in [0, 0.05) is 6.42 Å². The molecule has 0 aromatic heterocycles.